The Morgan fingerprint density at radius 3 is 1.58 bits per heavy atom. The zero-order chi connectivity index (χ0) is 38.1. The zero-order valence-corrected chi connectivity index (χ0v) is 29.9. The maximum absolute atomic E-state index is 13.0. The van der Waals surface area contributed by atoms with Gasteiger partial charge >= 0.3 is 5.97 Å². The van der Waals surface area contributed by atoms with Gasteiger partial charge in [0.1, 0.15) is 11.6 Å². The van der Waals surface area contributed by atoms with Crippen LogP contribution in [0.3, 0.4) is 0 Å². The van der Waals surface area contributed by atoms with Gasteiger partial charge in [-0.1, -0.05) is 12.1 Å². The summed E-state index contributed by atoms with van der Waals surface area (Å²) in [4.78, 5) is 62.1. The number of fused-ring (bicyclic) bond motifs is 2. The van der Waals surface area contributed by atoms with Crippen molar-refractivity contribution in [1.82, 2.24) is 24.1 Å². The lowest BCUT2D eigenvalue weighted by molar-refractivity contribution is 0.0696. The molecule has 0 unspecified atom stereocenters. The molecule has 0 spiro atoms. The highest BCUT2D eigenvalue weighted by atomic mass is 19.1. The fourth-order valence-electron chi connectivity index (χ4n) is 6.05. The number of carboxylic acids is 1. The van der Waals surface area contributed by atoms with E-state index in [1.807, 2.05) is 39.8 Å². The number of aryl methyl sites for hydroxylation is 6. The Kier molecular flexibility index (Phi) is 9.80. The quantitative estimate of drug-likeness (QED) is 0.196. The Morgan fingerprint density at radius 2 is 1.11 bits per heavy atom. The van der Waals surface area contributed by atoms with Crippen LogP contribution in [0.15, 0.2) is 101 Å². The fourth-order valence-corrected chi connectivity index (χ4v) is 6.05. The van der Waals surface area contributed by atoms with Crippen molar-refractivity contribution in [1.29, 1.82) is 0 Å². The summed E-state index contributed by atoms with van der Waals surface area (Å²) in [5.41, 5.74) is 7.46. The van der Waals surface area contributed by atoms with Crippen LogP contribution in [-0.2, 0) is 14.1 Å². The third-order valence-electron chi connectivity index (χ3n) is 9.02. The van der Waals surface area contributed by atoms with Crippen LogP contribution < -0.4 is 16.4 Å². The number of hydrogen-bond acceptors (Lipinski definition) is 7. The monoisotopic (exact) mass is 710 g/mol. The van der Waals surface area contributed by atoms with E-state index in [1.54, 1.807) is 78.1 Å². The summed E-state index contributed by atoms with van der Waals surface area (Å²) in [6, 6.07) is 19.9. The number of pyridine rings is 5. The number of hydrogen-bond donors (Lipinski definition) is 2. The Hall–Kier alpha value is -6.82. The molecule has 5 heterocycles. The van der Waals surface area contributed by atoms with Crippen molar-refractivity contribution in [3.05, 3.63) is 152 Å². The van der Waals surface area contributed by atoms with Gasteiger partial charge in [-0.15, -0.1) is 0 Å². The fraction of sp³-hybridized carbons (Fsp3) is 0.146. The molecule has 0 aliphatic heterocycles. The molecule has 7 rings (SSSR count). The van der Waals surface area contributed by atoms with Crippen LogP contribution in [0.5, 0.6) is 0 Å². The number of carboxylic acid groups (broad SMARTS) is 1. The number of anilines is 1. The van der Waals surface area contributed by atoms with Gasteiger partial charge in [0.05, 0.1) is 22.8 Å². The predicted molar refractivity (Wildman–Crippen MR) is 203 cm³/mol. The summed E-state index contributed by atoms with van der Waals surface area (Å²) in [6.07, 6.45) is 4.49. The molecular formula is C41H35FN6O5. The highest BCUT2D eigenvalue weighted by molar-refractivity contribution is 6.04. The van der Waals surface area contributed by atoms with Crippen LogP contribution in [0.25, 0.3) is 44.1 Å². The molecule has 0 atom stereocenters. The summed E-state index contributed by atoms with van der Waals surface area (Å²) >= 11 is 0. The number of amides is 1. The number of carbonyl (C=O) groups is 2. The predicted octanol–water partition coefficient (Wildman–Crippen LogP) is 6.92. The first kappa shape index (κ1) is 36.0. The summed E-state index contributed by atoms with van der Waals surface area (Å²) < 4.78 is 16.2. The molecule has 0 fully saturated rings. The molecule has 0 saturated carbocycles. The van der Waals surface area contributed by atoms with Gasteiger partial charge in [0.2, 0.25) is 0 Å². The number of benzene rings is 2. The zero-order valence-electron chi connectivity index (χ0n) is 29.9. The van der Waals surface area contributed by atoms with Crippen LogP contribution >= 0.6 is 0 Å². The van der Waals surface area contributed by atoms with Gasteiger partial charge in [-0.05, 0) is 111 Å². The van der Waals surface area contributed by atoms with E-state index in [0.29, 0.717) is 27.8 Å². The summed E-state index contributed by atoms with van der Waals surface area (Å²) in [6.45, 7) is 7.49. The van der Waals surface area contributed by atoms with Crippen molar-refractivity contribution in [2.75, 3.05) is 5.32 Å². The lowest BCUT2D eigenvalue weighted by Crippen LogP contribution is -2.20. The minimum Gasteiger partial charge on any atom is -0.478 e. The van der Waals surface area contributed by atoms with Crippen molar-refractivity contribution in [3.8, 4) is 22.3 Å². The molecule has 2 aromatic carbocycles. The topological polar surface area (TPSA) is 149 Å². The molecular weight excluding hydrogens is 675 g/mol. The van der Waals surface area contributed by atoms with Crippen LogP contribution in [0.2, 0.25) is 0 Å². The van der Waals surface area contributed by atoms with Crippen molar-refractivity contribution in [2.24, 2.45) is 14.1 Å². The van der Waals surface area contributed by atoms with Gasteiger partial charge in [-0.25, -0.2) is 14.2 Å². The Bertz CT molecular complexity index is 2720. The third kappa shape index (κ3) is 7.33. The maximum Gasteiger partial charge on any atom is 0.335 e. The highest BCUT2D eigenvalue weighted by Gasteiger charge is 2.16. The molecule has 7 aromatic rings. The van der Waals surface area contributed by atoms with Crippen molar-refractivity contribution in [3.63, 3.8) is 0 Å². The van der Waals surface area contributed by atoms with Crippen molar-refractivity contribution >= 4 is 39.5 Å². The largest absolute Gasteiger partial charge is 0.478 e. The molecule has 0 aliphatic carbocycles. The molecule has 266 valence electrons. The summed E-state index contributed by atoms with van der Waals surface area (Å²) in [7, 11) is 3.43. The smallest absolute Gasteiger partial charge is 0.335 e. The number of aromatic nitrogens is 5. The normalized spacial score (nSPS) is 10.9. The first-order valence-electron chi connectivity index (χ1n) is 16.5. The Balaban J connectivity index is 0.000000188. The molecule has 0 aliphatic rings. The van der Waals surface area contributed by atoms with Crippen LogP contribution in [0.1, 0.15) is 43.2 Å². The van der Waals surface area contributed by atoms with Gasteiger partial charge in [-0.3, -0.25) is 24.4 Å². The second-order valence-electron chi connectivity index (χ2n) is 12.8. The van der Waals surface area contributed by atoms with Gasteiger partial charge in [0.25, 0.3) is 17.0 Å². The average Bonchev–Trinajstić information content (AvgIpc) is 3.13. The van der Waals surface area contributed by atoms with Gasteiger partial charge < -0.3 is 19.6 Å². The SMILES string of the molecule is Cc1cc2c(cn1)cc(-c1cc(C(=O)Nc3ccc(F)cn3)ccc1C)c(=O)n2C.Cc1cc2c(cn1)cc(-c1cc(C(=O)O)ccc1C)c(=O)n2C. The molecule has 0 radical (unpaired) electrons. The lowest BCUT2D eigenvalue weighted by atomic mass is 9.97. The maximum atomic E-state index is 13.0. The van der Waals surface area contributed by atoms with E-state index in [2.05, 4.69) is 20.3 Å². The number of nitrogens with zero attached hydrogens (tertiary/aromatic N) is 5. The molecule has 0 bridgehead atoms. The van der Waals surface area contributed by atoms with E-state index in [1.165, 1.54) is 18.2 Å². The average molecular weight is 711 g/mol. The highest BCUT2D eigenvalue weighted by Crippen LogP contribution is 2.27. The number of carbonyl (C=O) groups excluding carboxylic acids is 1. The molecule has 2 N–H and O–H groups in total. The van der Waals surface area contributed by atoms with Crippen LogP contribution in [0.4, 0.5) is 10.2 Å². The standard InChI is InChI=1S/C23H19FN4O2.C18H16N2O3/c1-13-4-5-15(22(29)27-21-7-6-17(24)12-26-21)9-18(13)19-10-16-11-25-14(2)8-20(16)28(3)23(19)30;1-10-4-5-12(18(22)23)7-14(10)15-8-13-9-19-11(2)6-16(13)20(3)17(15)21/h4-12H,1-3H3,(H,26,27,29);4-9H,1-3H3,(H,22,23). The Morgan fingerprint density at radius 1 is 0.623 bits per heavy atom. The lowest BCUT2D eigenvalue weighted by Gasteiger charge is -2.12. The molecule has 1 amide bonds. The van der Waals surface area contributed by atoms with Gasteiger partial charge in [0, 0.05) is 65.3 Å². The molecule has 12 heteroatoms. The van der Waals surface area contributed by atoms with E-state index >= 15 is 0 Å². The summed E-state index contributed by atoms with van der Waals surface area (Å²) in [5, 5.41) is 13.5. The van der Waals surface area contributed by atoms with E-state index in [4.69, 9.17) is 0 Å². The number of nitrogens with one attached hydrogen (secondary N) is 1. The minimum atomic E-state index is -1.01. The number of aromatic carboxylic acids is 1. The molecule has 5 aromatic heterocycles. The van der Waals surface area contributed by atoms with Crippen LogP contribution in [0, 0.1) is 33.5 Å². The first-order valence-corrected chi connectivity index (χ1v) is 16.5. The molecule has 11 nitrogen and oxygen atoms in total. The van der Waals surface area contributed by atoms with E-state index < -0.39 is 17.7 Å². The van der Waals surface area contributed by atoms with E-state index in [0.717, 1.165) is 50.5 Å². The number of rotatable bonds is 5. The van der Waals surface area contributed by atoms with E-state index in [9.17, 15) is 28.7 Å². The molecule has 0 saturated heterocycles. The van der Waals surface area contributed by atoms with Crippen molar-refractivity contribution in [2.45, 2.75) is 27.7 Å². The summed E-state index contributed by atoms with van der Waals surface area (Å²) in [5.74, 6) is -1.65. The first-order chi connectivity index (χ1) is 25.2. The van der Waals surface area contributed by atoms with Gasteiger partial charge in [-0.2, -0.15) is 0 Å². The minimum absolute atomic E-state index is 0.158. The second kappa shape index (κ2) is 14.4. The molecule has 53 heavy (non-hydrogen) atoms. The second-order valence-corrected chi connectivity index (χ2v) is 12.8. The van der Waals surface area contributed by atoms with E-state index in [-0.39, 0.29) is 22.5 Å². The van der Waals surface area contributed by atoms with Crippen LogP contribution in [-0.4, -0.2) is 41.1 Å². The van der Waals surface area contributed by atoms with Crippen molar-refractivity contribution < 1.29 is 19.1 Å². The number of halogens is 1. The Labute approximate surface area is 303 Å². The van der Waals surface area contributed by atoms with Gasteiger partial charge in [0.15, 0.2) is 0 Å². The third-order valence-corrected chi connectivity index (χ3v) is 9.02.